The topological polar surface area (TPSA) is 83.6 Å². The van der Waals surface area contributed by atoms with Crippen LogP contribution in [0, 0.1) is 10.1 Å². The molecular formula is C6H6NNaO4. The Hall–Kier alpha value is -0.780. The Labute approximate surface area is 90.1 Å². The Kier molecular flexibility index (Phi) is 4.02. The van der Waals surface area contributed by atoms with Crippen molar-refractivity contribution in [3.05, 3.63) is 28.3 Å². The normalized spacial score (nSPS) is 8.67. The maximum absolute atomic E-state index is 10.1. The third kappa shape index (κ3) is 2.37. The number of benzene rings is 1. The van der Waals surface area contributed by atoms with Gasteiger partial charge in [0.15, 0.2) is 11.5 Å². The van der Waals surface area contributed by atoms with Crippen LogP contribution in [-0.2, 0) is 0 Å². The molecule has 0 aliphatic rings. The Morgan fingerprint density at radius 2 is 1.83 bits per heavy atom. The van der Waals surface area contributed by atoms with Crippen LogP contribution in [0.5, 0.6) is 11.5 Å². The number of nitrogens with zero attached hydrogens (tertiary/aromatic N) is 1. The molecule has 1 aromatic carbocycles. The van der Waals surface area contributed by atoms with Gasteiger partial charge in [-0.05, 0) is 6.07 Å². The summed E-state index contributed by atoms with van der Waals surface area (Å²) in [6, 6.07) is 3.05. The quantitative estimate of drug-likeness (QED) is 0.282. The van der Waals surface area contributed by atoms with Gasteiger partial charge >= 0.3 is 29.6 Å². The molecule has 1 rings (SSSR count). The number of non-ortho nitro benzene ring substituents is 1. The van der Waals surface area contributed by atoms with Crippen LogP contribution in [0.2, 0.25) is 0 Å². The molecule has 0 saturated carbocycles. The predicted octanol–water partition coefficient (Wildman–Crippen LogP) is 0.357. The summed E-state index contributed by atoms with van der Waals surface area (Å²) in [4.78, 5) is 9.42. The molecule has 12 heavy (non-hydrogen) atoms. The number of hydrogen-bond donors (Lipinski definition) is 2. The fraction of sp³-hybridized carbons (Fsp3) is 0. The van der Waals surface area contributed by atoms with Crippen LogP contribution < -0.4 is 0 Å². The van der Waals surface area contributed by atoms with E-state index in [0.717, 1.165) is 18.2 Å². The average Bonchev–Trinajstić information content (AvgIpc) is 1.94. The minimum atomic E-state index is -0.654. The molecule has 0 heterocycles. The zero-order valence-electron chi connectivity index (χ0n) is 5.39. The molecule has 2 N–H and O–H groups in total. The molecule has 0 bridgehead atoms. The zero-order chi connectivity index (χ0) is 8.43. The molecular weight excluding hydrogens is 173 g/mol. The number of phenols is 2. The maximum atomic E-state index is 10.1. The summed E-state index contributed by atoms with van der Waals surface area (Å²) in [5.41, 5.74) is -0.250. The molecule has 0 saturated heterocycles. The molecule has 0 fully saturated rings. The Balaban J connectivity index is 0.00000121. The molecule has 0 aromatic heterocycles. The summed E-state index contributed by atoms with van der Waals surface area (Å²) in [5, 5.41) is 27.6. The van der Waals surface area contributed by atoms with Gasteiger partial charge in [0, 0.05) is 6.07 Å². The predicted molar refractivity (Wildman–Crippen MR) is 43.6 cm³/mol. The van der Waals surface area contributed by atoms with Crippen molar-refractivity contribution in [3.8, 4) is 11.5 Å². The van der Waals surface area contributed by atoms with Gasteiger partial charge in [-0.2, -0.15) is 0 Å². The third-order valence-electron chi connectivity index (χ3n) is 1.17. The van der Waals surface area contributed by atoms with Gasteiger partial charge in [-0.1, -0.05) is 0 Å². The average molecular weight is 179 g/mol. The second kappa shape index (κ2) is 4.30. The molecule has 0 radical (unpaired) electrons. The van der Waals surface area contributed by atoms with Gasteiger partial charge < -0.3 is 10.2 Å². The van der Waals surface area contributed by atoms with E-state index in [9.17, 15) is 10.1 Å². The van der Waals surface area contributed by atoms with Crippen molar-refractivity contribution in [2.45, 2.75) is 0 Å². The van der Waals surface area contributed by atoms with Gasteiger partial charge in [0.25, 0.3) is 5.69 Å². The number of rotatable bonds is 1. The molecule has 0 atom stereocenters. The number of nitro groups is 1. The molecule has 0 aliphatic heterocycles. The first kappa shape index (κ1) is 11.2. The van der Waals surface area contributed by atoms with E-state index in [1.54, 1.807) is 0 Å². The Morgan fingerprint density at radius 3 is 2.25 bits per heavy atom. The monoisotopic (exact) mass is 179 g/mol. The van der Waals surface area contributed by atoms with Crippen LogP contribution in [0.15, 0.2) is 18.2 Å². The van der Waals surface area contributed by atoms with Crippen LogP contribution in [0.25, 0.3) is 0 Å². The van der Waals surface area contributed by atoms with Crippen LogP contribution in [-0.4, -0.2) is 44.7 Å². The summed E-state index contributed by atoms with van der Waals surface area (Å²) in [6.07, 6.45) is 0. The van der Waals surface area contributed by atoms with Gasteiger partial charge in [0.2, 0.25) is 0 Å². The van der Waals surface area contributed by atoms with Crippen LogP contribution >= 0.6 is 0 Å². The van der Waals surface area contributed by atoms with Crippen molar-refractivity contribution in [1.29, 1.82) is 0 Å². The van der Waals surface area contributed by atoms with Crippen molar-refractivity contribution in [2.75, 3.05) is 0 Å². The van der Waals surface area contributed by atoms with Gasteiger partial charge in [-0.25, -0.2) is 0 Å². The van der Waals surface area contributed by atoms with E-state index >= 15 is 0 Å². The van der Waals surface area contributed by atoms with Crippen molar-refractivity contribution >= 4 is 35.2 Å². The summed E-state index contributed by atoms with van der Waals surface area (Å²) in [5.74, 6) is -0.852. The molecule has 1 aromatic rings. The van der Waals surface area contributed by atoms with E-state index in [1.807, 2.05) is 0 Å². The van der Waals surface area contributed by atoms with Crippen LogP contribution in [0.1, 0.15) is 0 Å². The minimum absolute atomic E-state index is 0. The van der Waals surface area contributed by atoms with Crippen molar-refractivity contribution in [2.24, 2.45) is 0 Å². The van der Waals surface area contributed by atoms with Gasteiger partial charge in [-0.3, -0.25) is 10.1 Å². The van der Waals surface area contributed by atoms with Gasteiger partial charge in [0.1, 0.15) is 0 Å². The van der Waals surface area contributed by atoms with Crippen molar-refractivity contribution in [3.63, 3.8) is 0 Å². The molecule has 0 unspecified atom stereocenters. The van der Waals surface area contributed by atoms with Gasteiger partial charge in [0.05, 0.1) is 11.0 Å². The summed E-state index contributed by atoms with van der Waals surface area (Å²) < 4.78 is 0. The number of phenolic OH excluding ortho intramolecular Hbond substituents is 2. The first-order valence-electron chi connectivity index (χ1n) is 2.77. The molecule has 0 aliphatic carbocycles. The van der Waals surface area contributed by atoms with Crippen LogP contribution in [0.4, 0.5) is 5.69 Å². The first-order chi connectivity index (χ1) is 5.11. The van der Waals surface area contributed by atoms with E-state index in [4.69, 9.17) is 10.2 Å². The number of hydrogen-bond acceptors (Lipinski definition) is 4. The molecule has 6 heteroatoms. The number of aromatic hydroxyl groups is 2. The first-order valence-corrected chi connectivity index (χ1v) is 2.77. The summed E-state index contributed by atoms with van der Waals surface area (Å²) in [6.45, 7) is 0. The second-order valence-corrected chi connectivity index (χ2v) is 1.93. The van der Waals surface area contributed by atoms with Crippen molar-refractivity contribution in [1.82, 2.24) is 0 Å². The fourth-order valence-electron chi connectivity index (χ4n) is 0.625. The van der Waals surface area contributed by atoms with Gasteiger partial charge in [-0.15, -0.1) is 0 Å². The molecule has 0 spiro atoms. The summed E-state index contributed by atoms with van der Waals surface area (Å²) >= 11 is 0. The molecule has 60 valence electrons. The third-order valence-corrected chi connectivity index (χ3v) is 1.17. The van der Waals surface area contributed by atoms with E-state index in [0.29, 0.717) is 0 Å². The Bertz CT molecular complexity index is 302. The summed E-state index contributed by atoms with van der Waals surface area (Å²) in [7, 11) is 0. The zero-order valence-corrected chi connectivity index (χ0v) is 5.39. The SMILES string of the molecule is O=[N+]([O-])c1ccc(O)c(O)c1.[NaH]. The van der Waals surface area contributed by atoms with Crippen LogP contribution in [0.3, 0.4) is 0 Å². The molecule has 0 amide bonds. The van der Waals surface area contributed by atoms with Crippen molar-refractivity contribution < 1.29 is 15.1 Å². The Morgan fingerprint density at radius 1 is 1.25 bits per heavy atom. The van der Waals surface area contributed by atoms with E-state index in [1.165, 1.54) is 0 Å². The molecule has 5 nitrogen and oxygen atoms in total. The second-order valence-electron chi connectivity index (χ2n) is 1.93. The van der Waals surface area contributed by atoms with E-state index < -0.39 is 10.7 Å². The fourth-order valence-corrected chi connectivity index (χ4v) is 0.625. The number of nitro benzene ring substituents is 1. The van der Waals surface area contributed by atoms with E-state index in [-0.39, 0.29) is 41.0 Å². The standard InChI is InChI=1S/C6H5NO4.Na.H/c8-5-2-1-4(7(10)11)3-6(5)9;;/h1-3,8-9H;;. The van der Waals surface area contributed by atoms with E-state index in [2.05, 4.69) is 0 Å².